The second-order valence-electron chi connectivity index (χ2n) is 16.0. The maximum absolute atomic E-state index is 13.6. The Morgan fingerprint density at radius 1 is 1.00 bits per heavy atom. The third-order valence-electron chi connectivity index (χ3n) is 10.6. The van der Waals surface area contributed by atoms with Crippen LogP contribution in [0.5, 0.6) is 11.6 Å². The summed E-state index contributed by atoms with van der Waals surface area (Å²) in [4.78, 5) is 68.0. The molecule has 15 nitrogen and oxygen atoms in total. The molecule has 3 N–H and O–H groups in total. The van der Waals surface area contributed by atoms with Gasteiger partial charge in [0, 0.05) is 98.0 Å². The molecule has 1 aromatic carbocycles. The molecule has 1 atom stereocenters. The number of halogens is 1. The van der Waals surface area contributed by atoms with Gasteiger partial charge in [0.25, 0.3) is 5.91 Å². The third-order valence-corrected chi connectivity index (χ3v) is 11.0. The van der Waals surface area contributed by atoms with Gasteiger partial charge in [0.05, 0.1) is 37.2 Å². The van der Waals surface area contributed by atoms with Crippen molar-refractivity contribution in [3.05, 3.63) is 82.3 Å². The smallest absolute Gasteiger partial charge is 0.410 e. The van der Waals surface area contributed by atoms with E-state index in [0.717, 1.165) is 17.5 Å². The maximum Gasteiger partial charge on any atom is 0.410 e. The van der Waals surface area contributed by atoms with Crippen LogP contribution in [0.4, 0.5) is 10.5 Å². The van der Waals surface area contributed by atoms with Crippen molar-refractivity contribution in [1.82, 2.24) is 35.4 Å². The highest BCUT2D eigenvalue weighted by atomic mass is 35.5. The molecule has 2 aliphatic heterocycles. The van der Waals surface area contributed by atoms with Gasteiger partial charge in [-0.1, -0.05) is 23.7 Å². The zero-order chi connectivity index (χ0) is 43.1. The van der Waals surface area contributed by atoms with Crippen LogP contribution in [-0.2, 0) is 27.4 Å². The first-order valence-corrected chi connectivity index (χ1v) is 20.4. The fourth-order valence-corrected chi connectivity index (χ4v) is 7.73. The molecule has 0 bridgehead atoms. The number of methoxy groups -OCH3 is 2. The average molecular weight is 841 g/mol. The topological polar surface area (TPSA) is 177 Å². The Morgan fingerprint density at radius 3 is 2.43 bits per heavy atom. The second-order valence-corrected chi connectivity index (χ2v) is 16.4. The highest BCUT2D eigenvalue weighted by Gasteiger charge is 2.33. The predicted molar refractivity (Wildman–Crippen MR) is 228 cm³/mol. The molecule has 16 heteroatoms. The summed E-state index contributed by atoms with van der Waals surface area (Å²) in [6.45, 7) is 11.3. The van der Waals surface area contributed by atoms with E-state index in [1.165, 1.54) is 7.11 Å². The van der Waals surface area contributed by atoms with E-state index in [1.54, 1.807) is 54.4 Å². The summed E-state index contributed by atoms with van der Waals surface area (Å²) in [5.41, 5.74) is 4.58. The molecule has 6 rings (SSSR count). The van der Waals surface area contributed by atoms with Gasteiger partial charge in [-0.2, -0.15) is 0 Å². The number of amides is 4. The molecule has 60 heavy (non-hydrogen) atoms. The van der Waals surface area contributed by atoms with Crippen molar-refractivity contribution < 1.29 is 33.4 Å². The number of anilines is 1. The van der Waals surface area contributed by atoms with Gasteiger partial charge < -0.3 is 40.0 Å². The summed E-state index contributed by atoms with van der Waals surface area (Å²) < 4.78 is 17.2. The normalized spacial score (nSPS) is 15.6. The van der Waals surface area contributed by atoms with Gasteiger partial charge >= 0.3 is 6.09 Å². The summed E-state index contributed by atoms with van der Waals surface area (Å²) in [6.07, 6.45) is 5.38. The number of hydrogen-bond acceptors (Lipinski definition) is 11. The number of piperidine rings is 1. The van der Waals surface area contributed by atoms with Crippen LogP contribution in [0.25, 0.3) is 22.5 Å². The fraction of sp³-hybridized carbons (Fsp3) is 0.432. The quantitative estimate of drug-likeness (QED) is 0.133. The molecule has 2 aliphatic rings. The van der Waals surface area contributed by atoms with E-state index in [1.807, 2.05) is 52.0 Å². The number of aromatic nitrogens is 3. The van der Waals surface area contributed by atoms with Gasteiger partial charge in [-0.3, -0.25) is 24.4 Å². The summed E-state index contributed by atoms with van der Waals surface area (Å²) in [5, 5.41) is 9.59. The number of likely N-dealkylation sites (tertiary alicyclic amines) is 1. The summed E-state index contributed by atoms with van der Waals surface area (Å²) in [5.74, 6) is 0.500. The van der Waals surface area contributed by atoms with Crippen molar-refractivity contribution >= 4 is 41.1 Å². The first-order valence-electron chi connectivity index (χ1n) is 20.0. The number of nitrogens with zero attached hydrogens (tertiary/aromatic N) is 5. The number of rotatable bonds is 13. The van der Waals surface area contributed by atoms with Crippen LogP contribution in [0.1, 0.15) is 80.6 Å². The van der Waals surface area contributed by atoms with Gasteiger partial charge in [-0.25, -0.2) is 9.78 Å². The molecule has 0 unspecified atom stereocenters. The number of carbonyl (C=O) groups excluding carboxylic acids is 4. The van der Waals surface area contributed by atoms with Crippen molar-refractivity contribution in [2.24, 2.45) is 0 Å². The minimum Gasteiger partial charge on any atom is -0.496 e. The SMILES string of the molecule is COc1cc(C(=O)Nc2cccc(-c3nccc(-c4ccc(CN(C(=O)OC(C)(C)C)C5CCN(C(C)=O)CC5)c(OC)n4)c3Cl)c2C)ncc1CNC[C@@H]1CCC(=O)N1. The van der Waals surface area contributed by atoms with E-state index in [0.29, 0.717) is 95.9 Å². The number of hydrogen-bond donors (Lipinski definition) is 3. The maximum atomic E-state index is 13.6. The predicted octanol–water partition coefficient (Wildman–Crippen LogP) is 6.55. The lowest BCUT2D eigenvalue weighted by molar-refractivity contribution is -0.130. The van der Waals surface area contributed by atoms with Crippen LogP contribution in [0, 0.1) is 6.92 Å². The molecule has 318 valence electrons. The van der Waals surface area contributed by atoms with E-state index in [-0.39, 0.29) is 36.1 Å². The third kappa shape index (κ3) is 10.5. The van der Waals surface area contributed by atoms with E-state index in [9.17, 15) is 19.2 Å². The zero-order valence-corrected chi connectivity index (χ0v) is 35.9. The van der Waals surface area contributed by atoms with Gasteiger partial charge in [0.2, 0.25) is 17.7 Å². The van der Waals surface area contributed by atoms with Crippen LogP contribution in [-0.4, -0.2) is 100 Å². The van der Waals surface area contributed by atoms with Gasteiger partial charge in [0.1, 0.15) is 17.0 Å². The first-order chi connectivity index (χ1) is 28.6. The molecular formula is C44H53ClN8O7. The van der Waals surface area contributed by atoms with Crippen LogP contribution >= 0.6 is 11.6 Å². The molecule has 0 aliphatic carbocycles. The van der Waals surface area contributed by atoms with Crippen LogP contribution in [0.3, 0.4) is 0 Å². The van der Waals surface area contributed by atoms with Gasteiger partial charge in [-0.05, 0) is 76.8 Å². The average Bonchev–Trinajstić information content (AvgIpc) is 3.64. The Morgan fingerprint density at radius 2 is 1.77 bits per heavy atom. The fourth-order valence-electron chi connectivity index (χ4n) is 7.42. The number of carbonyl (C=O) groups is 4. The molecule has 0 spiro atoms. The summed E-state index contributed by atoms with van der Waals surface area (Å²) >= 11 is 7.11. The van der Waals surface area contributed by atoms with E-state index < -0.39 is 17.6 Å². The second kappa shape index (κ2) is 19.1. The molecule has 4 amide bonds. The number of nitrogens with one attached hydrogen (secondary N) is 3. The van der Waals surface area contributed by atoms with E-state index in [4.69, 9.17) is 30.8 Å². The van der Waals surface area contributed by atoms with Crippen LogP contribution in [0.15, 0.2) is 54.9 Å². The van der Waals surface area contributed by atoms with Gasteiger partial charge in [0.15, 0.2) is 0 Å². The minimum absolute atomic E-state index is 0.0153. The van der Waals surface area contributed by atoms with Crippen molar-refractivity contribution in [2.75, 3.05) is 39.2 Å². The van der Waals surface area contributed by atoms with Crippen molar-refractivity contribution in [1.29, 1.82) is 0 Å². The Bertz CT molecular complexity index is 2240. The van der Waals surface area contributed by atoms with Crippen LogP contribution < -0.4 is 25.4 Å². The zero-order valence-electron chi connectivity index (χ0n) is 35.2. The summed E-state index contributed by atoms with van der Waals surface area (Å²) in [6, 6.07) is 12.5. The highest BCUT2D eigenvalue weighted by molar-refractivity contribution is 6.35. The molecule has 3 aromatic heterocycles. The Hall–Kier alpha value is -5.80. The molecular weight excluding hydrogens is 788 g/mol. The van der Waals surface area contributed by atoms with Crippen molar-refractivity contribution in [3.63, 3.8) is 0 Å². The van der Waals surface area contributed by atoms with E-state index in [2.05, 4.69) is 25.9 Å². The van der Waals surface area contributed by atoms with Crippen molar-refractivity contribution in [2.45, 2.75) is 91.1 Å². The Balaban J connectivity index is 1.19. The lowest BCUT2D eigenvalue weighted by Crippen LogP contribution is -2.49. The number of benzene rings is 1. The standard InChI is InChI=1S/C44H53ClN8O7/c1-26-32(9-8-10-34(26)50-41(56)36-21-37(58-6)29(23-48-36)22-46-24-30-12-14-38(55)49-30)40-39(45)33(15-18-47-40)35-13-11-28(42(51-35)59-7)25-53(43(57)60-44(3,4)5)31-16-19-52(20-17-31)27(2)54/h8-11,13,15,18,21,23,30-31,46H,12,14,16-17,19-20,22,24-25H2,1-7H3,(H,49,55)(H,50,56)/t30-/m0/s1. The lowest BCUT2D eigenvalue weighted by Gasteiger charge is -2.39. The van der Waals surface area contributed by atoms with E-state index >= 15 is 0 Å². The number of ether oxygens (including phenoxy) is 3. The Labute approximate surface area is 355 Å². The Kier molecular flexibility index (Phi) is 13.9. The largest absolute Gasteiger partial charge is 0.496 e. The van der Waals surface area contributed by atoms with Crippen molar-refractivity contribution in [3.8, 4) is 34.1 Å². The lowest BCUT2D eigenvalue weighted by atomic mass is 10.0. The monoisotopic (exact) mass is 840 g/mol. The summed E-state index contributed by atoms with van der Waals surface area (Å²) in [7, 11) is 3.07. The molecule has 2 saturated heterocycles. The molecule has 5 heterocycles. The minimum atomic E-state index is -0.700. The molecule has 4 aromatic rings. The first kappa shape index (κ1) is 43.8. The number of pyridine rings is 3. The molecule has 2 fully saturated rings. The molecule has 0 saturated carbocycles. The molecule has 0 radical (unpaired) electrons. The highest BCUT2D eigenvalue weighted by Crippen LogP contribution is 2.38. The van der Waals surface area contributed by atoms with Crippen LogP contribution in [0.2, 0.25) is 5.02 Å². The van der Waals surface area contributed by atoms with Gasteiger partial charge in [-0.15, -0.1) is 0 Å².